The van der Waals surface area contributed by atoms with Crippen LogP contribution in [0.1, 0.15) is 144 Å². The molecule has 6 heteroatoms. The maximum absolute atomic E-state index is 10.6. The minimum absolute atomic E-state index is 0.0892. The van der Waals surface area contributed by atoms with Gasteiger partial charge >= 0.3 is 0 Å². The highest BCUT2D eigenvalue weighted by atomic mass is 15.2. The molecule has 0 spiro atoms. The standard InChI is InChI=1S/C116H104BN5/c1-112(2,3)83-51-57-103-97(67-83)98-68-84(113(4,5)6)52-58-104(98)119(103)91-53-56-101-107(72-91)122(111-95(77-40-26-18-27-41-77)69-87(116(13,14)15)70-96(111)78-42-28-19-29-43-78)109-74-93(120-102-49-35-34-48-94(102)99-71-90(54-59-105(99)120)118(88-44-30-20-31-45-88)89-46-32-21-33-47-89)73-108-110(109)117(101)100-55-50-79(82-61-85(114(7,8)9)66-86(62-82)115(10,11)12)65-106(100)121(108)92-63-80(75-36-22-16-23-37-75)60-81(64-92)76-38-24-17-25-39-76/h16-74H,1-15H3/i20D,30D,31D,34D,35D,44D,45D,48D,49D. The van der Waals surface area contributed by atoms with Crippen molar-refractivity contribution in [2.75, 3.05) is 14.7 Å². The molecule has 0 radical (unpaired) electrons. The van der Waals surface area contributed by atoms with Gasteiger partial charge in [0, 0.05) is 83.9 Å². The van der Waals surface area contributed by atoms with Crippen LogP contribution in [0.2, 0.25) is 0 Å². The Morgan fingerprint density at radius 1 is 0.254 bits per heavy atom. The van der Waals surface area contributed by atoms with E-state index in [1.165, 1.54) is 22.3 Å². The van der Waals surface area contributed by atoms with E-state index < -0.39 is 49.0 Å². The molecule has 0 bridgehead atoms. The molecule has 0 N–H and O–H groups in total. The Kier molecular flexibility index (Phi) is 16.1. The van der Waals surface area contributed by atoms with E-state index in [0.29, 0.717) is 28.0 Å². The summed E-state index contributed by atoms with van der Waals surface area (Å²) in [6.45, 7) is 33.8. The topological polar surface area (TPSA) is 19.6 Å². The summed E-state index contributed by atoms with van der Waals surface area (Å²) >= 11 is 0. The molecule has 596 valence electrons. The maximum atomic E-state index is 10.6. The Labute approximate surface area is 733 Å². The first-order valence-electron chi connectivity index (χ1n) is 47.2. The lowest BCUT2D eigenvalue weighted by molar-refractivity contribution is 0.569. The zero-order chi connectivity index (χ0) is 91.9. The van der Waals surface area contributed by atoms with Crippen LogP contribution in [0, 0.1) is 0 Å². The fraction of sp³-hybridized carbons (Fsp3) is 0.172. The number of rotatable bonds is 12. The van der Waals surface area contributed by atoms with Gasteiger partial charge in [0.1, 0.15) is 0 Å². The lowest BCUT2D eigenvalue weighted by atomic mass is 9.33. The van der Waals surface area contributed by atoms with E-state index in [1.54, 1.807) is 4.90 Å². The zero-order valence-corrected chi connectivity index (χ0v) is 72.2. The molecule has 16 aromatic carbocycles. The smallest absolute Gasteiger partial charge is 0.252 e. The van der Waals surface area contributed by atoms with E-state index in [4.69, 9.17) is 4.11 Å². The van der Waals surface area contributed by atoms with Gasteiger partial charge in [-0.1, -0.05) is 328 Å². The van der Waals surface area contributed by atoms with Gasteiger partial charge in [-0.15, -0.1) is 0 Å². The molecular weight excluding hydrogens is 1470 g/mol. The molecule has 5 nitrogen and oxygen atoms in total. The van der Waals surface area contributed by atoms with Gasteiger partial charge in [0.25, 0.3) is 6.71 Å². The van der Waals surface area contributed by atoms with Crippen LogP contribution in [0.25, 0.3) is 111 Å². The number of nitrogens with zero attached hydrogens (tertiary/aromatic N) is 5. The number of hydrogen-bond donors (Lipinski definition) is 0. The molecule has 0 atom stereocenters. The fourth-order valence-electron chi connectivity index (χ4n) is 18.6. The minimum Gasteiger partial charge on any atom is -0.311 e. The van der Waals surface area contributed by atoms with E-state index in [0.717, 1.165) is 139 Å². The van der Waals surface area contributed by atoms with Gasteiger partial charge in [-0.2, -0.15) is 0 Å². The third-order valence-corrected chi connectivity index (χ3v) is 25.2. The highest BCUT2D eigenvalue weighted by molar-refractivity contribution is 7.00. The normalized spacial score (nSPS) is 14.0. The summed E-state index contributed by atoms with van der Waals surface area (Å²) in [5, 5.41) is 2.98. The van der Waals surface area contributed by atoms with Gasteiger partial charge in [0.2, 0.25) is 0 Å². The van der Waals surface area contributed by atoms with Crippen molar-refractivity contribution < 1.29 is 12.3 Å². The van der Waals surface area contributed by atoms with Gasteiger partial charge in [-0.05, 0) is 249 Å². The fourth-order valence-corrected chi connectivity index (χ4v) is 18.6. The van der Waals surface area contributed by atoms with E-state index >= 15 is 0 Å². The Morgan fingerprint density at radius 3 is 1.20 bits per heavy atom. The van der Waals surface area contributed by atoms with E-state index in [1.807, 2.05) is 53.1 Å². The van der Waals surface area contributed by atoms with Crippen molar-refractivity contribution in [1.82, 2.24) is 9.13 Å². The van der Waals surface area contributed by atoms with Crippen LogP contribution < -0.4 is 31.1 Å². The van der Waals surface area contributed by atoms with Crippen molar-refractivity contribution in [3.8, 4) is 67.0 Å². The molecule has 18 aromatic rings. The molecule has 0 unspecified atom stereocenters. The highest BCUT2D eigenvalue weighted by Gasteiger charge is 2.46. The van der Waals surface area contributed by atoms with Crippen LogP contribution in [0.3, 0.4) is 0 Å². The number of hydrogen-bond acceptors (Lipinski definition) is 3. The molecule has 4 heterocycles. The van der Waals surface area contributed by atoms with E-state index in [2.05, 4.69) is 373 Å². The lowest BCUT2D eigenvalue weighted by Crippen LogP contribution is -2.61. The summed E-state index contributed by atoms with van der Waals surface area (Å²) in [5.74, 6) is 0. The summed E-state index contributed by atoms with van der Waals surface area (Å²) in [5.41, 5.74) is 28.6. The second kappa shape index (κ2) is 29.2. The molecule has 0 aliphatic carbocycles. The largest absolute Gasteiger partial charge is 0.311 e. The SMILES string of the molecule is [2H]c1c([2H])c([2H])c(N(c2ccccc2)c2ccc3c(c2)c2c([2H])c([2H])c([2H])c([2H])c2n3-c2cc3c4c(c2)N(c2c(-c5ccccc5)cc(C(C)(C)C)cc2-c2ccccc2)c2cc(-n5c6ccc(C(C)(C)C)cc6c6cc(C(C)(C)C)ccc65)ccc2B4c2ccc(-c4cc(C(C)(C)C)cc(C(C)(C)C)c4)cc2N3c2cc(-c3ccccc3)cc(-c3ccccc3)c2)c([2H])c1[2H]. The summed E-state index contributed by atoms with van der Waals surface area (Å²) in [7, 11) is 0. The van der Waals surface area contributed by atoms with Gasteiger partial charge in [0.15, 0.2) is 0 Å². The average molecular weight is 1590 g/mol. The first-order chi connectivity index (χ1) is 62.4. The Morgan fingerprint density at radius 2 is 0.680 bits per heavy atom. The lowest BCUT2D eigenvalue weighted by Gasteiger charge is -2.45. The molecule has 2 aliphatic heterocycles. The molecule has 0 fully saturated rings. The quantitative estimate of drug-likeness (QED) is 0.114. The van der Waals surface area contributed by atoms with Crippen molar-refractivity contribution in [1.29, 1.82) is 0 Å². The highest BCUT2D eigenvalue weighted by Crippen LogP contribution is 2.55. The minimum atomic E-state index is -0.533. The molecule has 2 aliphatic rings. The Bertz CT molecular complexity index is 7470. The molecule has 20 rings (SSSR count). The predicted octanol–water partition coefficient (Wildman–Crippen LogP) is 30.3. The van der Waals surface area contributed by atoms with Crippen LogP contribution in [0.15, 0.2) is 358 Å². The second-order valence-electron chi connectivity index (χ2n) is 38.4. The summed E-state index contributed by atoms with van der Waals surface area (Å²) in [4.78, 5) is 6.70. The van der Waals surface area contributed by atoms with Crippen molar-refractivity contribution >= 4 is 118 Å². The number of benzene rings is 16. The van der Waals surface area contributed by atoms with Crippen LogP contribution in [-0.4, -0.2) is 15.8 Å². The number of para-hydroxylation sites is 3. The molecular formula is C116H104BN5. The van der Waals surface area contributed by atoms with Gasteiger partial charge in [-0.25, -0.2) is 0 Å². The van der Waals surface area contributed by atoms with Crippen molar-refractivity contribution in [3.05, 3.63) is 386 Å². The first-order valence-corrected chi connectivity index (χ1v) is 42.7. The molecule has 0 saturated heterocycles. The number of anilines is 9. The molecule has 2 aromatic heterocycles. The predicted molar refractivity (Wildman–Crippen MR) is 525 cm³/mol. The summed E-state index contributed by atoms with van der Waals surface area (Å²) in [6.07, 6.45) is 0. The Balaban J connectivity index is 0.997. The zero-order valence-electron chi connectivity index (χ0n) is 81.2. The summed E-state index contributed by atoms with van der Waals surface area (Å²) < 4.78 is 91.3. The van der Waals surface area contributed by atoms with Crippen LogP contribution in [-0.2, 0) is 27.1 Å². The third-order valence-electron chi connectivity index (χ3n) is 25.2. The molecule has 0 saturated carbocycles. The average Bonchev–Trinajstić information content (AvgIpc) is 1.46. The van der Waals surface area contributed by atoms with Crippen LogP contribution in [0.4, 0.5) is 51.2 Å². The van der Waals surface area contributed by atoms with Gasteiger partial charge in [0.05, 0.1) is 45.8 Å². The maximum Gasteiger partial charge on any atom is 0.252 e. The Hall–Kier alpha value is -13.4. The second-order valence-corrected chi connectivity index (χ2v) is 38.4. The van der Waals surface area contributed by atoms with E-state index in [-0.39, 0.29) is 55.8 Å². The molecule has 122 heavy (non-hydrogen) atoms. The van der Waals surface area contributed by atoms with E-state index in [9.17, 15) is 8.22 Å². The van der Waals surface area contributed by atoms with Crippen molar-refractivity contribution in [3.63, 3.8) is 0 Å². The number of aromatic nitrogens is 2. The third kappa shape index (κ3) is 13.5. The van der Waals surface area contributed by atoms with Crippen molar-refractivity contribution in [2.24, 2.45) is 0 Å². The van der Waals surface area contributed by atoms with Crippen LogP contribution >= 0.6 is 0 Å². The van der Waals surface area contributed by atoms with Gasteiger partial charge < -0.3 is 23.8 Å². The number of fused-ring (bicyclic) bond motifs is 10. The summed E-state index contributed by atoms with van der Waals surface area (Å²) in [6, 6.07) is 106. The first kappa shape index (κ1) is 67.4. The monoisotopic (exact) mass is 1590 g/mol. The van der Waals surface area contributed by atoms with Crippen molar-refractivity contribution in [2.45, 2.75) is 131 Å². The van der Waals surface area contributed by atoms with Gasteiger partial charge in [-0.3, -0.25) is 0 Å². The molecule has 0 amide bonds. The van der Waals surface area contributed by atoms with Crippen LogP contribution in [0.5, 0.6) is 0 Å².